The third-order valence-electron chi connectivity index (χ3n) is 3.92. The van der Waals surface area contributed by atoms with Crippen LogP contribution in [0.4, 0.5) is 10.5 Å². The fourth-order valence-electron chi connectivity index (χ4n) is 2.25. The summed E-state index contributed by atoms with van der Waals surface area (Å²) in [5, 5.41) is 14.8. The summed E-state index contributed by atoms with van der Waals surface area (Å²) in [7, 11) is 0. The fraction of sp³-hybridized carbons (Fsp3) is 0.600. The van der Waals surface area contributed by atoms with Crippen LogP contribution in [0.15, 0.2) is 18.3 Å². The van der Waals surface area contributed by atoms with Crippen molar-refractivity contribution in [3.63, 3.8) is 0 Å². The SMILES string of the molecule is CCC(CC)(CCO)CNC(=O)Nc1ccnc(C)c1. The predicted molar refractivity (Wildman–Crippen MR) is 80.7 cm³/mol. The molecule has 0 aliphatic rings. The molecule has 0 aromatic carbocycles. The molecule has 1 aromatic rings. The number of nitrogens with zero attached hydrogens (tertiary/aromatic N) is 1. The van der Waals surface area contributed by atoms with Gasteiger partial charge in [-0.3, -0.25) is 4.98 Å². The summed E-state index contributed by atoms with van der Waals surface area (Å²) in [4.78, 5) is 16.0. The van der Waals surface area contributed by atoms with Crippen LogP contribution in [0.25, 0.3) is 0 Å². The van der Waals surface area contributed by atoms with Gasteiger partial charge < -0.3 is 15.7 Å². The highest BCUT2D eigenvalue weighted by molar-refractivity contribution is 5.89. The molecule has 0 bridgehead atoms. The van der Waals surface area contributed by atoms with E-state index in [1.807, 2.05) is 13.0 Å². The maximum absolute atomic E-state index is 11.9. The van der Waals surface area contributed by atoms with Crippen LogP contribution in [0.2, 0.25) is 0 Å². The second-order valence-corrected chi connectivity index (χ2v) is 5.17. The highest BCUT2D eigenvalue weighted by Gasteiger charge is 2.26. The van der Waals surface area contributed by atoms with Gasteiger partial charge in [-0.15, -0.1) is 0 Å². The van der Waals surface area contributed by atoms with E-state index in [4.69, 9.17) is 5.11 Å². The van der Waals surface area contributed by atoms with E-state index in [1.54, 1.807) is 12.3 Å². The molecule has 0 radical (unpaired) electrons. The Hall–Kier alpha value is -1.62. The highest BCUT2D eigenvalue weighted by Crippen LogP contribution is 2.29. The van der Waals surface area contributed by atoms with Crippen LogP contribution >= 0.6 is 0 Å². The number of carbonyl (C=O) groups is 1. The molecule has 0 aliphatic heterocycles. The lowest BCUT2D eigenvalue weighted by Crippen LogP contribution is -2.39. The number of amides is 2. The maximum atomic E-state index is 11.9. The van der Waals surface area contributed by atoms with Crippen molar-refractivity contribution in [2.45, 2.75) is 40.0 Å². The Morgan fingerprint density at radius 1 is 1.40 bits per heavy atom. The number of aryl methyl sites for hydroxylation is 1. The molecule has 0 aliphatic carbocycles. The first-order valence-corrected chi connectivity index (χ1v) is 7.13. The normalized spacial score (nSPS) is 11.2. The molecule has 1 rings (SSSR count). The minimum absolute atomic E-state index is 0.0275. The third kappa shape index (κ3) is 4.81. The molecular weight excluding hydrogens is 254 g/mol. The lowest BCUT2D eigenvalue weighted by molar-refractivity contribution is 0.165. The number of rotatable bonds is 7. The molecule has 5 heteroatoms. The van der Waals surface area contributed by atoms with Crippen molar-refractivity contribution < 1.29 is 9.90 Å². The van der Waals surface area contributed by atoms with Gasteiger partial charge in [0.15, 0.2) is 0 Å². The van der Waals surface area contributed by atoms with Gasteiger partial charge in [-0.1, -0.05) is 13.8 Å². The number of pyridine rings is 1. The number of hydrogen-bond donors (Lipinski definition) is 3. The number of urea groups is 1. The van der Waals surface area contributed by atoms with Crippen molar-refractivity contribution in [2.24, 2.45) is 5.41 Å². The quantitative estimate of drug-likeness (QED) is 0.718. The Labute approximate surface area is 120 Å². The number of carbonyl (C=O) groups excluding carboxylic acids is 1. The molecular formula is C15H25N3O2. The van der Waals surface area contributed by atoms with Crippen molar-refractivity contribution in [2.75, 3.05) is 18.5 Å². The van der Waals surface area contributed by atoms with Gasteiger partial charge in [-0.2, -0.15) is 0 Å². The van der Waals surface area contributed by atoms with E-state index >= 15 is 0 Å². The van der Waals surface area contributed by atoms with E-state index in [1.165, 1.54) is 0 Å². The Morgan fingerprint density at radius 2 is 2.10 bits per heavy atom. The highest BCUT2D eigenvalue weighted by atomic mass is 16.3. The Balaban J connectivity index is 2.53. The zero-order chi connectivity index (χ0) is 15.0. The molecule has 20 heavy (non-hydrogen) atoms. The van der Waals surface area contributed by atoms with Crippen molar-refractivity contribution in [3.8, 4) is 0 Å². The van der Waals surface area contributed by atoms with E-state index in [9.17, 15) is 4.79 Å². The summed E-state index contributed by atoms with van der Waals surface area (Å²) in [5.41, 5.74) is 1.57. The van der Waals surface area contributed by atoms with Crippen LogP contribution in [-0.4, -0.2) is 29.3 Å². The molecule has 0 saturated carbocycles. The number of aliphatic hydroxyl groups is 1. The van der Waals surface area contributed by atoms with E-state index in [0.29, 0.717) is 13.0 Å². The van der Waals surface area contributed by atoms with Crippen LogP contribution in [0, 0.1) is 12.3 Å². The lowest BCUT2D eigenvalue weighted by atomic mass is 9.79. The van der Waals surface area contributed by atoms with Crippen molar-refractivity contribution >= 4 is 11.7 Å². The van der Waals surface area contributed by atoms with E-state index in [-0.39, 0.29) is 18.1 Å². The summed E-state index contributed by atoms with van der Waals surface area (Å²) in [6, 6.07) is 3.35. The summed E-state index contributed by atoms with van der Waals surface area (Å²) >= 11 is 0. The first-order chi connectivity index (χ1) is 9.55. The zero-order valence-electron chi connectivity index (χ0n) is 12.6. The van der Waals surface area contributed by atoms with Gasteiger partial charge in [0.05, 0.1) is 0 Å². The minimum Gasteiger partial charge on any atom is -0.396 e. The Kier molecular flexibility index (Phi) is 6.45. The number of anilines is 1. The topological polar surface area (TPSA) is 74.2 Å². The number of aliphatic hydroxyl groups excluding tert-OH is 1. The second kappa shape index (κ2) is 7.85. The molecule has 0 saturated heterocycles. The van der Waals surface area contributed by atoms with Gasteiger partial charge in [-0.05, 0) is 43.7 Å². The smallest absolute Gasteiger partial charge is 0.319 e. The van der Waals surface area contributed by atoms with Crippen molar-refractivity contribution in [3.05, 3.63) is 24.0 Å². The molecule has 2 amide bonds. The van der Waals surface area contributed by atoms with Crippen molar-refractivity contribution in [1.29, 1.82) is 0 Å². The van der Waals surface area contributed by atoms with Crippen LogP contribution in [0.1, 0.15) is 38.8 Å². The van der Waals surface area contributed by atoms with Gasteiger partial charge in [0.1, 0.15) is 0 Å². The van der Waals surface area contributed by atoms with Gasteiger partial charge in [0, 0.05) is 30.7 Å². The van der Waals surface area contributed by atoms with Crippen LogP contribution < -0.4 is 10.6 Å². The molecule has 112 valence electrons. The minimum atomic E-state index is -0.222. The maximum Gasteiger partial charge on any atom is 0.319 e. The van der Waals surface area contributed by atoms with Gasteiger partial charge in [0.2, 0.25) is 0 Å². The average molecular weight is 279 g/mol. The average Bonchev–Trinajstić information content (AvgIpc) is 2.44. The molecule has 1 heterocycles. The molecule has 0 fully saturated rings. The van der Waals surface area contributed by atoms with Crippen molar-refractivity contribution in [1.82, 2.24) is 10.3 Å². The van der Waals surface area contributed by atoms with Crippen LogP contribution in [-0.2, 0) is 0 Å². The predicted octanol–water partition coefficient (Wildman–Crippen LogP) is 2.70. The van der Waals surface area contributed by atoms with Gasteiger partial charge >= 0.3 is 6.03 Å². The molecule has 3 N–H and O–H groups in total. The lowest BCUT2D eigenvalue weighted by Gasteiger charge is -2.31. The standard InChI is InChI=1S/C15H25N3O2/c1-4-15(5-2,7-9-19)11-17-14(20)18-13-6-8-16-12(3)10-13/h6,8,10,19H,4-5,7,9,11H2,1-3H3,(H2,16,17,18,20). The Morgan fingerprint density at radius 3 is 2.65 bits per heavy atom. The largest absolute Gasteiger partial charge is 0.396 e. The zero-order valence-corrected chi connectivity index (χ0v) is 12.6. The number of aromatic nitrogens is 1. The molecule has 1 aromatic heterocycles. The van der Waals surface area contributed by atoms with Crippen LogP contribution in [0.3, 0.4) is 0 Å². The summed E-state index contributed by atoms with van der Waals surface area (Å²) in [5.74, 6) is 0. The number of hydrogen-bond acceptors (Lipinski definition) is 3. The van der Waals surface area contributed by atoms with Gasteiger partial charge in [0.25, 0.3) is 0 Å². The summed E-state index contributed by atoms with van der Waals surface area (Å²) in [6.45, 7) is 6.77. The summed E-state index contributed by atoms with van der Waals surface area (Å²) < 4.78 is 0. The summed E-state index contributed by atoms with van der Waals surface area (Å²) in [6.07, 6.45) is 4.23. The first kappa shape index (κ1) is 16.4. The molecule has 0 spiro atoms. The van der Waals surface area contributed by atoms with E-state index in [2.05, 4.69) is 29.5 Å². The first-order valence-electron chi connectivity index (χ1n) is 7.13. The Bertz CT molecular complexity index is 431. The van der Waals surface area contributed by atoms with E-state index in [0.717, 1.165) is 24.2 Å². The van der Waals surface area contributed by atoms with E-state index < -0.39 is 0 Å². The molecule has 5 nitrogen and oxygen atoms in total. The number of nitrogens with one attached hydrogen (secondary N) is 2. The van der Waals surface area contributed by atoms with Gasteiger partial charge in [-0.25, -0.2) is 4.79 Å². The fourth-order valence-corrected chi connectivity index (χ4v) is 2.25. The molecule has 0 unspecified atom stereocenters. The monoisotopic (exact) mass is 279 g/mol. The second-order valence-electron chi connectivity index (χ2n) is 5.17. The third-order valence-corrected chi connectivity index (χ3v) is 3.92. The molecule has 0 atom stereocenters. The van der Waals surface area contributed by atoms with Crippen LogP contribution in [0.5, 0.6) is 0 Å².